The summed E-state index contributed by atoms with van der Waals surface area (Å²) in [5.74, 6) is 6.17. The minimum absolute atomic E-state index is 0.285. The first kappa shape index (κ1) is 31.7. The maximum absolute atomic E-state index is 12.5. The Kier molecular flexibility index (Phi) is 9.61. The number of morpholine rings is 1. The fraction of sp³-hybridized carbons (Fsp3) is 0.455. The number of benzene rings is 2. The Balaban J connectivity index is 1.28. The average Bonchev–Trinajstić information content (AvgIpc) is 3.41. The number of hydrogen-bond acceptors (Lipinski definition) is 8. The summed E-state index contributed by atoms with van der Waals surface area (Å²) in [5, 5.41) is 8.78. The lowest BCUT2D eigenvalue weighted by Crippen LogP contribution is -2.37. The third kappa shape index (κ3) is 7.12. The van der Waals surface area contributed by atoms with Crippen LogP contribution in [0.2, 0.25) is 5.02 Å². The number of hydrogen-bond donors (Lipinski definition) is 1. The quantitative estimate of drug-likeness (QED) is 0.307. The maximum atomic E-state index is 12.5. The lowest BCUT2D eigenvalue weighted by Gasteiger charge is -2.27. The van der Waals surface area contributed by atoms with Gasteiger partial charge in [-0.25, -0.2) is 13.2 Å². The first-order chi connectivity index (χ1) is 21.7. The van der Waals surface area contributed by atoms with E-state index in [9.17, 15) is 13.2 Å². The van der Waals surface area contributed by atoms with Crippen molar-refractivity contribution in [1.82, 2.24) is 24.3 Å². The highest BCUT2D eigenvalue weighted by atomic mass is 35.5. The summed E-state index contributed by atoms with van der Waals surface area (Å²) in [6, 6.07) is 11.1. The van der Waals surface area contributed by atoms with Gasteiger partial charge >= 0.3 is 5.97 Å². The number of esters is 1. The lowest BCUT2D eigenvalue weighted by molar-refractivity contribution is -0.143. The summed E-state index contributed by atoms with van der Waals surface area (Å²) in [6.07, 6.45) is 3.60. The van der Waals surface area contributed by atoms with Crippen molar-refractivity contribution in [3.8, 4) is 23.1 Å². The molecule has 12 heteroatoms. The molecule has 238 valence electrons. The normalized spacial score (nSPS) is 18.9. The van der Waals surface area contributed by atoms with E-state index in [2.05, 4.69) is 26.7 Å². The Morgan fingerprint density at radius 3 is 2.71 bits per heavy atom. The third-order valence-corrected chi connectivity index (χ3v) is 10.3. The minimum atomic E-state index is -3.36. The Hall–Kier alpha value is -3.24. The Labute approximate surface area is 269 Å². The molecule has 0 radical (unpaired) electrons. The van der Waals surface area contributed by atoms with Gasteiger partial charge < -0.3 is 14.8 Å². The van der Waals surface area contributed by atoms with Gasteiger partial charge in [0.15, 0.2) is 0 Å². The lowest BCUT2D eigenvalue weighted by atomic mass is 9.92. The predicted octanol–water partition coefficient (Wildman–Crippen LogP) is 3.00. The van der Waals surface area contributed by atoms with E-state index >= 15 is 0 Å². The van der Waals surface area contributed by atoms with Crippen LogP contribution in [0.1, 0.15) is 46.0 Å². The number of nitrogens with zero attached hydrogens (tertiary/aromatic N) is 4. The molecule has 3 aliphatic rings. The van der Waals surface area contributed by atoms with Crippen molar-refractivity contribution in [3.63, 3.8) is 0 Å². The van der Waals surface area contributed by atoms with Crippen molar-refractivity contribution in [2.45, 2.75) is 38.4 Å². The van der Waals surface area contributed by atoms with Gasteiger partial charge in [-0.2, -0.15) is 9.40 Å². The van der Waals surface area contributed by atoms with E-state index in [0.29, 0.717) is 30.1 Å². The molecule has 0 aliphatic carbocycles. The Bertz CT molecular complexity index is 1760. The number of carbonyl (C=O) groups is 1. The number of carbonyl (C=O) groups excluding carboxylic acids is 1. The summed E-state index contributed by atoms with van der Waals surface area (Å²) in [7, 11) is -1.96. The van der Waals surface area contributed by atoms with Crippen molar-refractivity contribution in [3.05, 3.63) is 74.9 Å². The molecule has 45 heavy (non-hydrogen) atoms. The van der Waals surface area contributed by atoms with Crippen LogP contribution in [0.4, 0.5) is 0 Å². The Morgan fingerprint density at radius 1 is 1.11 bits per heavy atom. The van der Waals surface area contributed by atoms with Crippen molar-refractivity contribution in [2.24, 2.45) is 0 Å². The zero-order chi connectivity index (χ0) is 31.6. The monoisotopic (exact) mass is 651 g/mol. The van der Waals surface area contributed by atoms with E-state index in [4.69, 9.17) is 26.2 Å². The molecule has 6 rings (SSSR count). The highest BCUT2D eigenvalue weighted by Gasteiger charge is 2.30. The van der Waals surface area contributed by atoms with E-state index in [1.165, 1.54) is 17.7 Å². The van der Waals surface area contributed by atoms with Crippen LogP contribution >= 0.6 is 11.6 Å². The van der Waals surface area contributed by atoms with Gasteiger partial charge in [-0.1, -0.05) is 35.6 Å². The number of aromatic nitrogens is 2. The molecule has 0 amide bonds. The van der Waals surface area contributed by atoms with Crippen molar-refractivity contribution in [2.75, 3.05) is 59.3 Å². The topological polar surface area (TPSA) is 106 Å². The second-order valence-electron chi connectivity index (χ2n) is 11.7. The number of aryl methyl sites for hydroxylation is 1. The second-order valence-corrected chi connectivity index (χ2v) is 14.1. The van der Waals surface area contributed by atoms with Crippen LogP contribution in [0.15, 0.2) is 36.4 Å². The van der Waals surface area contributed by atoms with E-state index in [1.54, 1.807) is 0 Å². The molecule has 3 aliphatic heterocycles. The molecule has 3 aromatic rings. The molecule has 0 spiro atoms. The van der Waals surface area contributed by atoms with Crippen LogP contribution in [-0.4, -0.2) is 92.7 Å². The fourth-order valence-electron chi connectivity index (χ4n) is 6.31. The van der Waals surface area contributed by atoms with Gasteiger partial charge in [0.1, 0.15) is 6.04 Å². The first-order valence-corrected chi connectivity index (χ1v) is 17.5. The zero-order valence-corrected chi connectivity index (χ0v) is 27.2. The minimum Gasteiger partial charge on any atom is -0.468 e. The number of methoxy groups -OCH3 is 1. The molecule has 10 nitrogen and oxygen atoms in total. The molecule has 1 saturated heterocycles. The summed E-state index contributed by atoms with van der Waals surface area (Å²) < 4.78 is 39.0. The summed E-state index contributed by atoms with van der Waals surface area (Å²) in [6.45, 7) is 6.54. The van der Waals surface area contributed by atoms with Crippen molar-refractivity contribution >= 4 is 27.6 Å². The van der Waals surface area contributed by atoms with Crippen molar-refractivity contribution in [1.29, 1.82) is 0 Å². The molecule has 1 atom stereocenters. The highest BCUT2D eigenvalue weighted by Crippen LogP contribution is 2.33. The second kappa shape index (κ2) is 13.6. The van der Waals surface area contributed by atoms with Gasteiger partial charge in [0.2, 0.25) is 10.0 Å². The SMILES string of the molecule is COC(=O)C1NCCc2cc(C#Cc3cc(-c4nn(CCCN5CCOCC5)c5c4CN(S(C)(=O)=O)CC5)ccc3Cl)ccc21. The van der Waals surface area contributed by atoms with E-state index in [1.807, 2.05) is 36.4 Å². The van der Waals surface area contributed by atoms with Gasteiger partial charge in [0, 0.05) is 80.2 Å². The average molecular weight is 652 g/mol. The van der Waals surface area contributed by atoms with Crippen LogP contribution < -0.4 is 5.32 Å². The van der Waals surface area contributed by atoms with Gasteiger partial charge in [-0.15, -0.1) is 0 Å². The maximum Gasteiger partial charge on any atom is 0.327 e. The van der Waals surface area contributed by atoms with Gasteiger partial charge in [0.25, 0.3) is 0 Å². The first-order valence-electron chi connectivity index (χ1n) is 15.3. The van der Waals surface area contributed by atoms with Crippen LogP contribution in [0, 0.1) is 11.8 Å². The molecule has 1 unspecified atom stereocenters. The number of nitrogens with one attached hydrogen (secondary N) is 1. The zero-order valence-electron chi connectivity index (χ0n) is 25.6. The highest BCUT2D eigenvalue weighted by molar-refractivity contribution is 7.88. The van der Waals surface area contributed by atoms with Gasteiger partial charge in [0.05, 0.1) is 37.3 Å². The predicted molar refractivity (Wildman–Crippen MR) is 172 cm³/mol. The molecule has 1 N–H and O–H groups in total. The van der Waals surface area contributed by atoms with Crippen molar-refractivity contribution < 1.29 is 22.7 Å². The smallest absolute Gasteiger partial charge is 0.327 e. The van der Waals surface area contributed by atoms with Gasteiger partial charge in [-0.3, -0.25) is 9.58 Å². The number of ether oxygens (including phenoxy) is 2. The third-order valence-electron chi connectivity index (χ3n) is 8.73. The molecular weight excluding hydrogens is 614 g/mol. The number of halogens is 1. The molecule has 1 fully saturated rings. The summed E-state index contributed by atoms with van der Waals surface area (Å²) in [4.78, 5) is 14.6. The molecule has 0 saturated carbocycles. The van der Waals surface area contributed by atoms with E-state index in [0.717, 1.165) is 91.4 Å². The van der Waals surface area contributed by atoms with Gasteiger partial charge in [-0.05, 0) is 48.2 Å². The van der Waals surface area contributed by atoms with E-state index < -0.39 is 16.1 Å². The van der Waals surface area contributed by atoms with Crippen LogP contribution in [0.5, 0.6) is 0 Å². The largest absolute Gasteiger partial charge is 0.468 e. The number of rotatable bonds is 7. The molecule has 4 heterocycles. The Morgan fingerprint density at radius 2 is 1.93 bits per heavy atom. The molecule has 0 bridgehead atoms. The molecule has 1 aromatic heterocycles. The number of fused-ring (bicyclic) bond motifs is 2. The van der Waals surface area contributed by atoms with Crippen LogP contribution in [0.25, 0.3) is 11.3 Å². The van der Waals surface area contributed by atoms with Crippen LogP contribution in [-0.2, 0) is 50.2 Å². The molecular formula is C33H38ClN5O5S. The fourth-order valence-corrected chi connectivity index (χ4v) is 7.26. The van der Waals surface area contributed by atoms with Crippen LogP contribution in [0.3, 0.4) is 0 Å². The standard InChI is InChI=1S/C33H38ClN5O5S/c1-43-33(40)32-27-8-5-23(20-24(27)10-12-35-32)4-6-25-21-26(7-9-29(25)34)31-28-22-38(45(2,41)42)15-11-30(28)39(36-31)14-3-13-37-16-18-44-19-17-37/h5,7-9,20-21,32,35H,3,10-19,22H2,1-2H3. The van der Waals surface area contributed by atoms with E-state index in [-0.39, 0.29) is 12.5 Å². The number of sulfonamides is 1. The summed E-state index contributed by atoms with van der Waals surface area (Å²) >= 11 is 6.62. The molecule has 2 aromatic carbocycles. The summed E-state index contributed by atoms with van der Waals surface area (Å²) in [5.41, 5.74) is 7.09.